The molecule has 5 rings (SSSR count). The molecular weight excluding hydrogens is 467 g/mol. The third kappa shape index (κ3) is 4.37. The van der Waals surface area contributed by atoms with Crippen LogP contribution in [0.4, 0.5) is 0 Å². The highest BCUT2D eigenvalue weighted by Crippen LogP contribution is 2.33. The van der Waals surface area contributed by atoms with Crippen molar-refractivity contribution < 1.29 is 4.79 Å². The molecule has 0 radical (unpaired) electrons. The zero-order valence-electron chi connectivity index (χ0n) is 19.4. The summed E-state index contributed by atoms with van der Waals surface area (Å²) in [6.45, 7) is 3.41. The van der Waals surface area contributed by atoms with E-state index < -0.39 is 5.54 Å². The molecule has 7 heteroatoms. The second-order valence-electron chi connectivity index (χ2n) is 9.65. The lowest BCUT2D eigenvalue weighted by Gasteiger charge is -2.38. The van der Waals surface area contributed by atoms with Crippen molar-refractivity contribution in [1.29, 1.82) is 0 Å². The van der Waals surface area contributed by atoms with Crippen molar-refractivity contribution in [1.82, 2.24) is 14.7 Å². The molecule has 0 bridgehead atoms. The van der Waals surface area contributed by atoms with Gasteiger partial charge in [-0.15, -0.1) is 0 Å². The van der Waals surface area contributed by atoms with Gasteiger partial charge in [-0.25, -0.2) is 0 Å². The van der Waals surface area contributed by atoms with Crippen LogP contribution in [0.15, 0.2) is 48.7 Å². The number of carbonyl (C=O) groups excluding carboxylic acids is 1. The Kier molecular flexibility index (Phi) is 6.45. The lowest BCUT2D eigenvalue weighted by atomic mass is 9.81. The molecule has 34 heavy (non-hydrogen) atoms. The number of nitrogens with zero attached hydrogens (tertiary/aromatic N) is 3. The fraction of sp³-hybridized carbons (Fsp3) is 0.407. The number of hydrogen-bond donors (Lipinski definition) is 1. The second-order valence-corrected chi connectivity index (χ2v) is 10.5. The van der Waals surface area contributed by atoms with Gasteiger partial charge in [-0.05, 0) is 61.1 Å². The predicted octanol–water partition coefficient (Wildman–Crippen LogP) is 6.23. The summed E-state index contributed by atoms with van der Waals surface area (Å²) in [6, 6.07) is 12.0. The van der Waals surface area contributed by atoms with E-state index in [1.807, 2.05) is 27.9 Å². The third-order valence-corrected chi connectivity index (χ3v) is 7.98. The van der Waals surface area contributed by atoms with Gasteiger partial charge in [0.05, 0.1) is 23.3 Å². The van der Waals surface area contributed by atoms with Gasteiger partial charge in [0.25, 0.3) is 0 Å². The zero-order chi connectivity index (χ0) is 23.9. The summed E-state index contributed by atoms with van der Waals surface area (Å²) >= 11 is 12.6. The van der Waals surface area contributed by atoms with Crippen LogP contribution >= 0.6 is 23.2 Å². The maximum atomic E-state index is 13.1. The molecule has 1 aliphatic carbocycles. The monoisotopic (exact) mass is 496 g/mol. The van der Waals surface area contributed by atoms with Crippen LogP contribution in [0.1, 0.15) is 62.6 Å². The summed E-state index contributed by atoms with van der Waals surface area (Å²) in [5, 5.41) is 6.99. The van der Waals surface area contributed by atoms with E-state index in [1.54, 1.807) is 6.07 Å². The van der Waals surface area contributed by atoms with Gasteiger partial charge >= 0.3 is 0 Å². The lowest BCUT2D eigenvalue weighted by Crippen LogP contribution is -2.56. The van der Waals surface area contributed by atoms with Crippen LogP contribution in [0.5, 0.6) is 0 Å². The Bertz CT molecular complexity index is 1260. The molecule has 3 aromatic rings. The SMILES string of the molecule is C[C@H](c1ccc(Cl)cc1Cl)n1ncc2ccc(C3=CCN(C(=O)C4(N)CCCCC4)CC3)cc21. The highest BCUT2D eigenvalue weighted by atomic mass is 35.5. The minimum Gasteiger partial charge on any atom is -0.337 e. The molecule has 1 aliphatic heterocycles. The molecule has 1 aromatic heterocycles. The molecule has 2 aromatic carbocycles. The van der Waals surface area contributed by atoms with Crippen molar-refractivity contribution in [2.24, 2.45) is 5.73 Å². The van der Waals surface area contributed by atoms with E-state index in [1.165, 1.54) is 12.0 Å². The first kappa shape index (κ1) is 23.4. The Morgan fingerprint density at radius 3 is 2.62 bits per heavy atom. The van der Waals surface area contributed by atoms with Gasteiger partial charge in [0.1, 0.15) is 0 Å². The summed E-state index contributed by atoms with van der Waals surface area (Å²) in [5.41, 5.74) is 10.3. The Morgan fingerprint density at radius 1 is 1.12 bits per heavy atom. The number of rotatable bonds is 4. The van der Waals surface area contributed by atoms with Crippen molar-refractivity contribution in [3.63, 3.8) is 0 Å². The smallest absolute Gasteiger partial charge is 0.242 e. The van der Waals surface area contributed by atoms with E-state index in [0.717, 1.165) is 54.1 Å². The number of halogens is 2. The molecule has 1 atom stereocenters. The van der Waals surface area contributed by atoms with Crippen LogP contribution in [0.3, 0.4) is 0 Å². The van der Waals surface area contributed by atoms with Crippen molar-refractivity contribution >= 4 is 45.6 Å². The third-order valence-electron chi connectivity index (χ3n) is 7.42. The molecule has 0 spiro atoms. The second kappa shape index (κ2) is 9.37. The lowest BCUT2D eigenvalue weighted by molar-refractivity contribution is -0.137. The highest BCUT2D eigenvalue weighted by Gasteiger charge is 2.38. The van der Waals surface area contributed by atoms with Gasteiger partial charge in [-0.2, -0.15) is 5.10 Å². The number of benzene rings is 2. The summed E-state index contributed by atoms with van der Waals surface area (Å²) in [7, 11) is 0. The maximum absolute atomic E-state index is 13.1. The number of amides is 1. The van der Waals surface area contributed by atoms with Crippen molar-refractivity contribution in [3.05, 3.63) is 69.8 Å². The molecule has 0 unspecified atom stereocenters. The first-order valence-electron chi connectivity index (χ1n) is 12.1. The van der Waals surface area contributed by atoms with Gasteiger partial charge in [-0.1, -0.05) is 66.7 Å². The van der Waals surface area contributed by atoms with Crippen LogP contribution < -0.4 is 5.73 Å². The van der Waals surface area contributed by atoms with Gasteiger partial charge in [0.2, 0.25) is 5.91 Å². The molecule has 5 nitrogen and oxygen atoms in total. The molecule has 2 N–H and O–H groups in total. The van der Waals surface area contributed by atoms with Crippen molar-refractivity contribution in [2.75, 3.05) is 13.1 Å². The quantitative estimate of drug-likeness (QED) is 0.465. The Balaban J connectivity index is 1.38. The molecule has 0 saturated heterocycles. The number of carbonyl (C=O) groups is 1. The van der Waals surface area contributed by atoms with Crippen LogP contribution in [0, 0.1) is 0 Å². The summed E-state index contributed by atoms with van der Waals surface area (Å²) < 4.78 is 2.01. The first-order valence-corrected chi connectivity index (χ1v) is 12.8. The van der Waals surface area contributed by atoms with Crippen LogP contribution in [0.2, 0.25) is 10.0 Å². The average molecular weight is 497 g/mol. The summed E-state index contributed by atoms with van der Waals surface area (Å²) in [6.07, 6.45) is 9.76. The molecular formula is C27H30Cl2N4O. The standard InChI is InChI=1S/C27H30Cl2N4O/c1-18(23-8-7-22(28)16-24(23)29)33-25-15-20(5-6-21(25)17-31-33)19-9-13-32(14-10-19)26(34)27(30)11-3-2-4-12-27/h5-9,15-18H,2-4,10-14,30H2,1H3/t18-/m1/s1. The molecule has 2 heterocycles. The maximum Gasteiger partial charge on any atom is 0.242 e. The van der Waals surface area contributed by atoms with Gasteiger partial charge in [0, 0.05) is 28.5 Å². The van der Waals surface area contributed by atoms with Crippen LogP contribution in [-0.2, 0) is 4.79 Å². The number of fused-ring (bicyclic) bond motifs is 1. The Labute approximate surface area is 210 Å². The van der Waals surface area contributed by atoms with E-state index in [2.05, 4.69) is 36.3 Å². The largest absolute Gasteiger partial charge is 0.337 e. The minimum atomic E-state index is -0.673. The van der Waals surface area contributed by atoms with Gasteiger partial charge in [0.15, 0.2) is 0 Å². The topological polar surface area (TPSA) is 64.2 Å². The summed E-state index contributed by atoms with van der Waals surface area (Å²) in [5.74, 6) is 0.115. The number of hydrogen-bond acceptors (Lipinski definition) is 3. The summed E-state index contributed by atoms with van der Waals surface area (Å²) in [4.78, 5) is 15.0. The first-order chi connectivity index (χ1) is 16.4. The van der Waals surface area contributed by atoms with E-state index in [-0.39, 0.29) is 11.9 Å². The fourth-order valence-corrected chi connectivity index (χ4v) is 5.91. The Morgan fingerprint density at radius 2 is 1.91 bits per heavy atom. The molecule has 178 valence electrons. The number of aromatic nitrogens is 2. The van der Waals surface area contributed by atoms with Crippen LogP contribution in [0.25, 0.3) is 16.5 Å². The van der Waals surface area contributed by atoms with E-state index in [9.17, 15) is 4.79 Å². The van der Waals surface area contributed by atoms with Gasteiger partial charge in [-0.3, -0.25) is 9.48 Å². The van der Waals surface area contributed by atoms with Crippen LogP contribution in [-0.4, -0.2) is 39.2 Å². The Hall–Kier alpha value is -2.34. The fourth-order valence-electron chi connectivity index (χ4n) is 5.35. The molecule has 1 amide bonds. The van der Waals surface area contributed by atoms with E-state index in [0.29, 0.717) is 23.1 Å². The predicted molar refractivity (Wildman–Crippen MR) is 139 cm³/mol. The minimum absolute atomic E-state index is 0.0396. The number of nitrogens with two attached hydrogens (primary N) is 1. The molecule has 1 saturated carbocycles. The normalized spacial score (nSPS) is 19.2. The van der Waals surface area contributed by atoms with Crippen molar-refractivity contribution in [2.45, 2.75) is 57.0 Å². The zero-order valence-corrected chi connectivity index (χ0v) is 20.9. The van der Waals surface area contributed by atoms with Crippen molar-refractivity contribution in [3.8, 4) is 0 Å². The molecule has 2 aliphatic rings. The molecule has 1 fully saturated rings. The average Bonchev–Trinajstić information content (AvgIpc) is 3.27. The highest BCUT2D eigenvalue weighted by molar-refractivity contribution is 6.35. The van der Waals surface area contributed by atoms with Gasteiger partial charge < -0.3 is 10.6 Å². The van der Waals surface area contributed by atoms with E-state index >= 15 is 0 Å². The van der Waals surface area contributed by atoms with E-state index in [4.69, 9.17) is 28.9 Å².